The van der Waals surface area contributed by atoms with Gasteiger partial charge in [0, 0.05) is 37.2 Å². The molecule has 0 unspecified atom stereocenters. The van der Waals surface area contributed by atoms with Crippen molar-refractivity contribution in [3.8, 4) is 0 Å². The van der Waals surface area contributed by atoms with Crippen LogP contribution in [0, 0.1) is 0 Å². The summed E-state index contributed by atoms with van der Waals surface area (Å²) < 4.78 is 0. The van der Waals surface area contributed by atoms with E-state index in [9.17, 15) is 9.59 Å². The Morgan fingerprint density at radius 1 is 1.09 bits per heavy atom. The molecule has 3 N–H and O–H groups in total. The molecule has 1 heterocycles. The number of imidazole rings is 1. The second-order valence-corrected chi connectivity index (χ2v) is 9.35. The molecule has 3 aromatic rings. The maximum atomic E-state index is 12.7. The van der Waals surface area contributed by atoms with Crippen molar-refractivity contribution in [2.45, 2.75) is 57.9 Å². The maximum Gasteiger partial charge on any atom is 0.251 e. The molecule has 0 atom stereocenters. The normalized spacial score (nSPS) is 14.4. The fourth-order valence-electron chi connectivity index (χ4n) is 4.73. The quantitative estimate of drug-likeness (QED) is 0.409. The summed E-state index contributed by atoms with van der Waals surface area (Å²) in [5, 5.41) is 5.83. The molecule has 180 valence electrons. The molecule has 2 aromatic carbocycles. The van der Waals surface area contributed by atoms with Crippen LogP contribution in [0.25, 0.3) is 11.0 Å². The molecule has 4 rings (SSSR count). The molecule has 0 saturated heterocycles. The lowest BCUT2D eigenvalue weighted by Crippen LogP contribution is -2.35. The number of hydrogen-bond acceptors (Lipinski definition) is 4. The van der Waals surface area contributed by atoms with Gasteiger partial charge in [0.2, 0.25) is 5.91 Å². The lowest BCUT2D eigenvalue weighted by Gasteiger charge is -2.31. The van der Waals surface area contributed by atoms with Crippen molar-refractivity contribution in [2.75, 3.05) is 25.5 Å². The Labute approximate surface area is 201 Å². The van der Waals surface area contributed by atoms with Gasteiger partial charge in [-0.1, -0.05) is 31.4 Å². The van der Waals surface area contributed by atoms with Crippen molar-refractivity contribution in [1.29, 1.82) is 0 Å². The number of carbonyl (C=O) groups excluding carboxylic acids is 2. The fourth-order valence-corrected chi connectivity index (χ4v) is 4.73. The van der Waals surface area contributed by atoms with Gasteiger partial charge in [0.05, 0.1) is 11.0 Å². The first-order valence-corrected chi connectivity index (χ1v) is 12.3. The largest absolute Gasteiger partial charge is 0.352 e. The average Bonchev–Trinajstić information content (AvgIpc) is 3.24. The Balaban J connectivity index is 1.29. The van der Waals surface area contributed by atoms with Crippen molar-refractivity contribution in [2.24, 2.45) is 0 Å². The topological polar surface area (TPSA) is 90.1 Å². The minimum atomic E-state index is -0.0864. The molecule has 0 radical (unpaired) electrons. The number of nitrogens with zero attached hydrogens (tertiary/aromatic N) is 2. The second kappa shape index (κ2) is 11.3. The molecule has 0 bridgehead atoms. The van der Waals surface area contributed by atoms with Crippen LogP contribution in [0.2, 0.25) is 0 Å². The van der Waals surface area contributed by atoms with Crippen molar-refractivity contribution in [3.05, 3.63) is 59.4 Å². The number of nitrogens with one attached hydrogen (secondary N) is 3. The Kier molecular flexibility index (Phi) is 7.95. The molecule has 1 aliphatic rings. The maximum absolute atomic E-state index is 12.7. The number of carbonyl (C=O) groups is 2. The highest BCUT2D eigenvalue weighted by molar-refractivity contribution is 5.97. The Morgan fingerprint density at radius 2 is 1.85 bits per heavy atom. The average molecular weight is 462 g/mol. The summed E-state index contributed by atoms with van der Waals surface area (Å²) in [7, 11) is 2.21. The van der Waals surface area contributed by atoms with Crippen LogP contribution in [-0.4, -0.2) is 52.9 Å². The summed E-state index contributed by atoms with van der Waals surface area (Å²) in [5.74, 6) is 0.703. The number of aromatic amines is 1. The van der Waals surface area contributed by atoms with Crippen molar-refractivity contribution in [3.63, 3.8) is 0 Å². The highest BCUT2D eigenvalue weighted by atomic mass is 16.2. The van der Waals surface area contributed by atoms with Crippen LogP contribution in [0.4, 0.5) is 5.69 Å². The van der Waals surface area contributed by atoms with E-state index in [0.29, 0.717) is 24.6 Å². The van der Waals surface area contributed by atoms with E-state index in [1.54, 1.807) is 0 Å². The molecule has 7 nitrogen and oxygen atoms in total. The fraction of sp³-hybridized carbons (Fsp3) is 0.444. The van der Waals surface area contributed by atoms with Crippen LogP contribution < -0.4 is 10.6 Å². The summed E-state index contributed by atoms with van der Waals surface area (Å²) in [4.78, 5) is 34.3. The van der Waals surface area contributed by atoms with Gasteiger partial charge in [-0.05, 0) is 68.8 Å². The smallest absolute Gasteiger partial charge is 0.251 e. The molecule has 1 aromatic heterocycles. The molecule has 0 spiro atoms. The van der Waals surface area contributed by atoms with Crippen LogP contribution >= 0.6 is 0 Å². The van der Waals surface area contributed by atoms with Crippen LogP contribution in [0.3, 0.4) is 0 Å². The van der Waals surface area contributed by atoms with Gasteiger partial charge >= 0.3 is 0 Å². The minimum Gasteiger partial charge on any atom is -0.352 e. The lowest BCUT2D eigenvalue weighted by atomic mass is 9.94. The van der Waals surface area contributed by atoms with Crippen LogP contribution in [0.15, 0.2) is 42.5 Å². The number of aromatic nitrogens is 2. The molecule has 7 heteroatoms. The van der Waals surface area contributed by atoms with E-state index in [0.717, 1.165) is 41.1 Å². The third kappa shape index (κ3) is 6.44. The van der Waals surface area contributed by atoms with Crippen LogP contribution in [-0.2, 0) is 11.2 Å². The third-order valence-electron chi connectivity index (χ3n) is 6.61. The highest BCUT2D eigenvalue weighted by Crippen LogP contribution is 2.21. The number of hydrogen-bond donors (Lipinski definition) is 3. The zero-order valence-corrected chi connectivity index (χ0v) is 20.2. The van der Waals surface area contributed by atoms with Gasteiger partial charge in [-0.15, -0.1) is 0 Å². The van der Waals surface area contributed by atoms with E-state index < -0.39 is 0 Å². The van der Waals surface area contributed by atoms with Gasteiger partial charge in [0.15, 0.2) is 0 Å². The molecule has 1 fully saturated rings. The van der Waals surface area contributed by atoms with Gasteiger partial charge in [-0.25, -0.2) is 4.98 Å². The van der Waals surface area contributed by atoms with Gasteiger partial charge in [0.25, 0.3) is 5.91 Å². The monoisotopic (exact) mass is 461 g/mol. The van der Waals surface area contributed by atoms with Gasteiger partial charge < -0.3 is 20.5 Å². The number of fused-ring (bicyclic) bond motifs is 1. The predicted molar refractivity (Wildman–Crippen MR) is 136 cm³/mol. The number of H-pyrrole nitrogens is 1. The standard InChI is InChI=1S/C27H35N5O2/c1-19(33)29-22-12-9-20(10-13-22)17-26-30-24-14-11-21(18-25(24)31-26)27(34)28-15-6-16-32(2)23-7-4-3-5-8-23/h9-14,18,23H,3-8,15-17H2,1-2H3,(H,28,34)(H,29,33)(H,30,31). The summed E-state index contributed by atoms with van der Waals surface area (Å²) in [6, 6.07) is 14.0. The number of anilines is 1. The summed E-state index contributed by atoms with van der Waals surface area (Å²) in [5.41, 5.74) is 4.20. The zero-order chi connectivity index (χ0) is 23.9. The molecule has 1 aliphatic carbocycles. The van der Waals surface area contributed by atoms with E-state index in [-0.39, 0.29) is 11.8 Å². The second-order valence-electron chi connectivity index (χ2n) is 9.35. The highest BCUT2D eigenvalue weighted by Gasteiger charge is 2.17. The Bertz CT molecular complexity index is 1120. The molecular formula is C27H35N5O2. The Hall–Kier alpha value is -3.19. The number of benzene rings is 2. The van der Waals surface area contributed by atoms with Crippen molar-refractivity contribution >= 4 is 28.5 Å². The number of amides is 2. The summed E-state index contributed by atoms with van der Waals surface area (Å²) >= 11 is 0. The summed E-state index contributed by atoms with van der Waals surface area (Å²) in [6.07, 6.45) is 8.26. The van der Waals surface area contributed by atoms with E-state index >= 15 is 0 Å². The molecule has 34 heavy (non-hydrogen) atoms. The zero-order valence-electron chi connectivity index (χ0n) is 20.2. The first-order valence-electron chi connectivity index (χ1n) is 12.3. The SMILES string of the molecule is CC(=O)Nc1ccc(Cc2nc3ccc(C(=O)NCCCN(C)C4CCCCC4)cc3[nH]2)cc1. The first-order chi connectivity index (χ1) is 16.5. The van der Waals surface area contributed by atoms with E-state index in [1.807, 2.05) is 42.5 Å². The number of rotatable bonds is 9. The predicted octanol–water partition coefficient (Wildman–Crippen LogP) is 4.50. The molecular weight excluding hydrogens is 426 g/mol. The molecule has 2 amide bonds. The van der Waals surface area contributed by atoms with E-state index in [2.05, 4.69) is 32.5 Å². The summed E-state index contributed by atoms with van der Waals surface area (Å²) in [6.45, 7) is 3.18. The Morgan fingerprint density at radius 3 is 2.59 bits per heavy atom. The van der Waals surface area contributed by atoms with Crippen LogP contribution in [0.5, 0.6) is 0 Å². The van der Waals surface area contributed by atoms with Crippen molar-refractivity contribution < 1.29 is 9.59 Å². The van der Waals surface area contributed by atoms with Gasteiger partial charge in [-0.2, -0.15) is 0 Å². The third-order valence-corrected chi connectivity index (χ3v) is 6.61. The molecule has 0 aliphatic heterocycles. The van der Waals surface area contributed by atoms with E-state index in [1.165, 1.54) is 39.0 Å². The van der Waals surface area contributed by atoms with Crippen LogP contribution in [0.1, 0.15) is 67.2 Å². The molecule has 1 saturated carbocycles. The minimum absolute atomic E-state index is 0.0491. The van der Waals surface area contributed by atoms with Crippen molar-refractivity contribution in [1.82, 2.24) is 20.2 Å². The van der Waals surface area contributed by atoms with E-state index in [4.69, 9.17) is 0 Å². The lowest BCUT2D eigenvalue weighted by molar-refractivity contribution is -0.114. The first kappa shape index (κ1) is 24.0. The van der Waals surface area contributed by atoms with Gasteiger partial charge in [-0.3, -0.25) is 9.59 Å². The van der Waals surface area contributed by atoms with Gasteiger partial charge in [0.1, 0.15) is 5.82 Å².